The zero-order chi connectivity index (χ0) is 14.7. The number of amides is 1. The van der Waals surface area contributed by atoms with Crippen LogP contribution in [0.3, 0.4) is 0 Å². The first-order valence-corrected chi connectivity index (χ1v) is 7.30. The Labute approximate surface area is 124 Å². The summed E-state index contributed by atoms with van der Waals surface area (Å²) < 4.78 is 13.5. The molecule has 1 N–H and O–H groups in total. The van der Waals surface area contributed by atoms with Crippen LogP contribution >= 0.6 is 0 Å². The SMILES string of the molecule is O=C(NCCc1ccccc1F)C1(c2ccccc2)CC1. The smallest absolute Gasteiger partial charge is 0.230 e. The molecule has 0 radical (unpaired) electrons. The predicted octanol–water partition coefficient (Wildman–Crippen LogP) is 3.22. The molecule has 1 aliphatic rings. The minimum atomic E-state index is -0.351. The summed E-state index contributed by atoms with van der Waals surface area (Å²) in [6.45, 7) is 0.467. The Hall–Kier alpha value is -2.16. The Morgan fingerprint density at radius 2 is 1.71 bits per heavy atom. The maximum absolute atomic E-state index is 13.5. The number of carbonyl (C=O) groups excluding carboxylic acids is 1. The van der Waals surface area contributed by atoms with E-state index in [0.717, 1.165) is 18.4 Å². The van der Waals surface area contributed by atoms with Crippen molar-refractivity contribution in [1.29, 1.82) is 0 Å². The van der Waals surface area contributed by atoms with Gasteiger partial charge >= 0.3 is 0 Å². The molecule has 2 nitrogen and oxygen atoms in total. The predicted molar refractivity (Wildman–Crippen MR) is 80.5 cm³/mol. The monoisotopic (exact) mass is 283 g/mol. The van der Waals surface area contributed by atoms with Crippen LogP contribution in [-0.2, 0) is 16.6 Å². The molecule has 0 unspecified atom stereocenters. The van der Waals surface area contributed by atoms with Crippen LogP contribution < -0.4 is 5.32 Å². The lowest BCUT2D eigenvalue weighted by Crippen LogP contribution is -2.36. The van der Waals surface area contributed by atoms with E-state index in [9.17, 15) is 9.18 Å². The van der Waals surface area contributed by atoms with Crippen LogP contribution in [-0.4, -0.2) is 12.5 Å². The van der Waals surface area contributed by atoms with E-state index in [-0.39, 0.29) is 17.1 Å². The summed E-state index contributed by atoms with van der Waals surface area (Å²) in [6.07, 6.45) is 2.30. The third-order valence-electron chi connectivity index (χ3n) is 4.15. The summed E-state index contributed by atoms with van der Waals surface area (Å²) in [6, 6.07) is 16.6. The van der Waals surface area contributed by atoms with Gasteiger partial charge in [-0.25, -0.2) is 4.39 Å². The summed E-state index contributed by atoms with van der Waals surface area (Å²) in [5.41, 5.74) is 1.37. The van der Waals surface area contributed by atoms with Gasteiger partial charge in [-0.3, -0.25) is 4.79 Å². The highest BCUT2D eigenvalue weighted by atomic mass is 19.1. The highest BCUT2D eigenvalue weighted by Gasteiger charge is 2.50. The zero-order valence-electron chi connectivity index (χ0n) is 11.8. The lowest BCUT2D eigenvalue weighted by molar-refractivity contribution is -0.123. The third-order valence-corrected chi connectivity index (χ3v) is 4.15. The van der Waals surface area contributed by atoms with Crippen LogP contribution in [0.25, 0.3) is 0 Å². The molecule has 0 aromatic heterocycles. The fourth-order valence-corrected chi connectivity index (χ4v) is 2.71. The average molecular weight is 283 g/mol. The molecule has 1 aliphatic carbocycles. The van der Waals surface area contributed by atoms with Crippen LogP contribution in [0.4, 0.5) is 4.39 Å². The van der Waals surface area contributed by atoms with Crippen molar-refractivity contribution in [2.75, 3.05) is 6.54 Å². The standard InChI is InChI=1S/C18H18FNO/c19-16-9-5-4-6-14(16)10-13-20-17(21)18(11-12-18)15-7-2-1-3-8-15/h1-9H,10-13H2,(H,20,21). The van der Waals surface area contributed by atoms with E-state index >= 15 is 0 Å². The first kappa shape index (κ1) is 13.8. The normalized spacial score (nSPS) is 15.5. The Morgan fingerprint density at radius 1 is 1.05 bits per heavy atom. The van der Waals surface area contributed by atoms with E-state index in [1.807, 2.05) is 36.4 Å². The van der Waals surface area contributed by atoms with Crippen LogP contribution in [0.2, 0.25) is 0 Å². The molecular formula is C18H18FNO. The fraction of sp³-hybridized carbons (Fsp3) is 0.278. The highest BCUT2D eigenvalue weighted by molar-refractivity contribution is 5.91. The Kier molecular flexibility index (Phi) is 3.74. The summed E-state index contributed by atoms with van der Waals surface area (Å²) in [5.74, 6) is -0.152. The van der Waals surface area contributed by atoms with Crippen LogP contribution in [0.1, 0.15) is 24.0 Å². The number of halogens is 1. The summed E-state index contributed by atoms with van der Waals surface area (Å²) in [5, 5.41) is 2.95. The lowest BCUT2D eigenvalue weighted by Gasteiger charge is -2.15. The molecule has 21 heavy (non-hydrogen) atoms. The van der Waals surface area contributed by atoms with Crippen molar-refractivity contribution in [2.45, 2.75) is 24.7 Å². The van der Waals surface area contributed by atoms with Crippen molar-refractivity contribution in [2.24, 2.45) is 0 Å². The van der Waals surface area contributed by atoms with Gasteiger partial charge in [0.1, 0.15) is 5.82 Å². The highest BCUT2D eigenvalue weighted by Crippen LogP contribution is 2.48. The van der Waals surface area contributed by atoms with Gasteiger partial charge in [-0.15, -0.1) is 0 Å². The average Bonchev–Trinajstić information content (AvgIpc) is 3.32. The van der Waals surface area contributed by atoms with Gasteiger partial charge in [0.05, 0.1) is 5.41 Å². The first-order valence-electron chi connectivity index (χ1n) is 7.30. The van der Waals surface area contributed by atoms with Gasteiger partial charge in [-0.2, -0.15) is 0 Å². The van der Waals surface area contributed by atoms with E-state index in [1.165, 1.54) is 6.07 Å². The van der Waals surface area contributed by atoms with E-state index in [1.54, 1.807) is 12.1 Å². The molecule has 3 rings (SSSR count). The molecule has 0 bridgehead atoms. The van der Waals surface area contributed by atoms with Gasteiger partial charge in [0.15, 0.2) is 0 Å². The van der Waals surface area contributed by atoms with Gasteiger partial charge in [0.2, 0.25) is 5.91 Å². The van der Waals surface area contributed by atoms with Gasteiger partial charge in [0, 0.05) is 6.54 Å². The minimum Gasteiger partial charge on any atom is -0.355 e. The molecule has 1 amide bonds. The fourth-order valence-electron chi connectivity index (χ4n) is 2.71. The van der Waals surface area contributed by atoms with Gasteiger partial charge in [0.25, 0.3) is 0 Å². The molecule has 108 valence electrons. The summed E-state index contributed by atoms with van der Waals surface area (Å²) in [4.78, 5) is 12.4. The maximum Gasteiger partial charge on any atom is 0.230 e. The minimum absolute atomic E-state index is 0.0602. The molecule has 1 fully saturated rings. The Bertz CT molecular complexity index is 635. The third kappa shape index (κ3) is 2.82. The first-order chi connectivity index (χ1) is 10.2. The number of carbonyl (C=O) groups is 1. The molecule has 0 atom stereocenters. The number of nitrogens with one attached hydrogen (secondary N) is 1. The second kappa shape index (κ2) is 5.68. The van der Waals surface area contributed by atoms with Gasteiger partial charge in [-0.1, -0.05) is 48.5 Å². The van der Waals surface area contributed by atoms with Crippen molar-refractivity contribution < 1.29 is 9.18 Å². The van der Waals surface area contributed by atoms with Crippen molar-refractivity contribution in [1.82, 2.24) is 5.32 Å². The Morgan fingerprint density at radius 3 is 2.38 bits per heavy atom. The molecule has 3 heteroatoms. The van der Waals surface area contributed by atoms with Gasteiger partial charge in [-0.05, 0) is 36.5 Å². The van der Waals surface area contributed by atoms with Crippen LogP contribution in [0.15, 0.2) is 54.6 Å². The van der Waals surface area contributed by atoms with E-state index in [2.05, 4.69) is 5.32 Å². The molecule has 2 aromatic rings. The molecule has 0 saturated heterocycles. The van der Waals surface area contributed by atoms with E-state index < -0.39 is 0 Å². The molecular weight excluding hydrogens is 265 g/mol. The largest absolute Gasteiger partial charge is 0.355 e. The summed E-state index contributed by atoms with van der Waals surface area (Å²) >= 11 is 0. The second-order valence-corrected chi connectivity index (χ2v) is 5.55. The van der Waals surface area contributed by atoms with Crippen molar-refractivity contribution in [3.8, 4) is 0 Å². The zero-order valence-corrected chi connectivity index (χ0v) is 11.8. The molecule has 2 aromatic carbocycles. The van der Waals surface area contributed by atoms with Crippen LogP contribution in [0.5, 0.6) is 0 Å². The lowest BCUT2D eigenvalue weighted by atomic mass is 9.95. The second-order valence-electron chi connectivity index (χ2n) is 5.55. The molecule has 0 heterocycles. The quantitative estimate of drug-likeness (QED) is 0.897. The van der Waals surface area contributed by atoms with Gasteiger partial charge < -0.3 is 5.32 Å². The number of hydrogen-bond acceptors (Lipinski definition) is 1. The van der Waals surface area contributed by atoms with E-state index in [0.29, 0.717) is 18.5 Å². The Balaban J connectivity index is 1.59. The topological polar surface area (TPSA) is 29.1 Å². The number of hydrogen-bond donors (Lipinski definition) is 1. The van der Waals surface area contributed by atoms with Crippen molar-refractivity contribution in [3.63, 3.8) is 0 Å². The maximum atomic E-state index is 13.5. The molecule has 1 saturated carbocycles. The molecule has 0 spiro atoms. The van der Waals surface area contributed by atoms with Crippen molar-refractivity contribution in [3.05, 3.63) is 71.5 Å². The van der Waals surface area contributed by atoms with Crippen LogP contribution in [0, 0.1) is 5.82 Å². The molecule has 0 aliphatic heterocycles. The van der Waals surface area contributed by atoms with E-state index in [4.69, 9.17) is 0 Å². The number of rotatable bonds is 5. The number of benzene rings is 2. The van der Waals surface area contributed by atoms with Crippen molar-refractivity contribution >= 4 is 5.91 Å². The summed E-state index contributed by atoms with van der Waals surface area (Å²) in [7, 11) is 0.